The first-order chi connectivity index (χ1) is 6.49. The van der Waals surface area contributed by atoms with Gasteiger partial charge in [0.1, 0.15) is 5.69 Å². The molecule has 76 valence electrons. The van der Waals surface area contributed by atoms with E-state index in [1.807, 2.05) is 13.8 Å². The van der Waals surface area contributed by atoms with Gasteiger partial charge >= 0.3 is 0 Å². The van der Waals surface area contributed by atoms with Crippen molar-refractivity contribution in [1.82, 2.24) is 0 Å². The van der Waals surface area contributed by atoms with Crippen LogP contribution in [0, 0.1) is 17.0 Å². The van der Waals surface area contributed by atoms with Crippen molar-refractivity contribution in [2.75, 3.05) is 11.5 Å². The maximum absolute atomic E-state index is 10.6. The molecule has 0 aromatic heterocycles. The van der Waals surface area contributed by atoms with Gasteiger partial charge in [0.05, 0.1) is 10.6 Å². The standard InChI is InChI=1S/C9H13N3O2/c1-3-6-4-7(12(13)14)9(11)8(10)5(6)2/h4H,3,10-11H2,1-2H3. The maximum atomic E-state index is 10.6. The molecular formula is C9H13N3O2. The summed E-state index contributed by atoms with van der Waals surface area (Å²) in [6, 6.07) is 1.49. The van der Waals surface area contributed by atoms with Gasteiger partial charge in [0.25, 0.3) is 5.69 Å². The molecule has 0 aliphatic carbocycles. The van der Waals surface area contributed by atoms with Crippen LogP contribution in [0.15, 0.2) is 6.07 Å². The summed E-state index contributed by atoms with van der Waals surface area (Å²) in [7, 11) is 0. The Morgan fingerprint density at radius 3 is 2.43 bits per heavy atom. The van der Waals surface area contributed by atoms with Gasteiger partial charge in [0.2, 0.25) is 0 Å². The third-order valence-electron chi connectivity index (χ3n) is 2.34. The second-order valence-corrected chi connectivity index (χ2v) is 3.12. The van der Waals surface area contributed by atoms with Gasteiger partial charge in [-0.05, 0) is 24.5 Å². The fourth-order valence-corrected chi connectivity index (χ4v) is 1.38. The Kier molecular flexibility index (Phi) is 2.60. The van der Waals surface area contributed by atoms with Crippen molar-refractivity contribution in [3.8, 4) is 0 Å². The number of aryl methyl sites for hydroxylation is 1. The lowest BCUT2D eigenvalue weighted by atomic mass is 10.0. The number of rotatable bonds is 2. The Labute approximate surface area is 81.9 Å². The molecule has 0 amide bonds. The van der Waals surface area contributed by atoms with E-state index in [0.29, 0.717) is 12.1 Å². The summed E-state index contributed by atoms with van der Waals surface area (Å²) in [5.74, 6) is 0. The Hall–Kier alpha value is -1.78. The molecule has 0 fully saturated rings. The van der Waals surface area contributed by atoms with Crippen molar-refractivity contribution in [3.05, 3.63) is 27.3 Å². The molecule has 1 rings (SSSR count). The number of benzene rings is 1. The van der Waals surface area contributed by atoms with Crippen LogP contribution in [0.25, 0.3) is 0 Å². The van der Waals surface area contributed by atoms with Crippen molar-refractivity contribution in [1.29, 1.82) is 0 Å². The summed E-state index contributed by atoms with van der Waals surface area (Å²) >= 11 is 0. The van der Waals surface area contributed by atoms with E-state index < -0.39 is 4.92 Å². The van der Waals surface area contributed by atoms with Crippen LogP contribution in [0.1, 0.15) is 18.1 Å². The lowest BCUT2D eigenvalue weighted by molar-refractivity contribution is -0.383. The minimum atomic E-state index is -0.510. The molecule has 0 unspecified atom stereocenters. The van der Waals surface area contributed by atoms with Gasteiger partial charge in [-0.2, -0.15) is 0 Å². The highest BCUT2D eigenvalue weighted by atomic mass is 16.6. The summed E-state index contributed by atoms with van der Waals surface area (Å²) < 4.78 is 0. The SMILES string of the molecule is CCc1cc([N+](=O)[O-])c(N)c(N)c1C. The molecule has 0 spiro atoms. The van der Waals surface area contributed by atoms with Crippen LogP contribution in [-0.4, -0.2) is 4.92 Å². The Morgan fingerprint density at radius 1 is 1.43 bits per heavy atom. The van der Waals surface area contributed by atoms with Gasteiger partial charge < -0.3 is 11.5 Å². The van der Waals surface area contributed by atoms with Crippen LogP contribution in [0.5, 0.6) is 0 Å². The maximum Gasteiger partial charge on any atom is 0.294 e. The van der Waals surface area contributed by atoms with Gasteiger partial charge in [0, 0.05) is 6.07 Å². The van der Waals surface area contributed by atoms with Gasteiger partial charge in [-0.3, -0.25) is 10.1 Å². The van der Waals surface area contributed by atoms with Crippen molar-refractivity contribution in [2.24, 2.45) is 0 Å². The van der Waals surface area contributed by atoms with Crippen molar-refractivity contribution < 1.29 is 4.92 Å². The predicted octanol–water partition coefficient (Wildman–Crippen LogP) is 1.63. The molecule has 0 radical (unpaired) electrons. The number of nitro benzene ring substituents is 1. The van der Waals surface area contributed by atoms with E-state index in [1.54, 1.807) is 0 Å². The number of nitrogens with two attached hydrogens (primary N) is 2. The highest BCUT2D eigenvalue weighted by Crippen LogP contribution is 2.32. The first-order valence-corrected chi connectivity index (χ1v) is 4.30. The van der Waals surface area contributed by atoms with E-state index in [2.05, 4.69) is 0 Å². The van der Waals surface area contributed by atoms with Gasteiger partial charge in [-0.1, -0.05) is 6.92 Å². The summed E-state index contributed by atoms with van der Waals surface area (Å²) in [6.45, 7) is 3.73. The van der Waals surface area contributed by atoms with E-state index in [9.17, 15) is 10.1 Å². The normalized spacial score (nSPS) is 10.1. The van der Waals surface area contributed by atoms with Gasteiger partial charge in [-0.15, -0.1) is 0 Å². The summed E-state index contributed by atoms with van der Waals surface area (Å²) in [5, 5.41) is 10.6. The average Bonchev–Trinajstić information content (AvgIpc) is 2.14. The average molecular weight is 195 g/mol. The van der Waals surface area contributed by atoms with E-state index in [0.717, 1.165) is 11.1 Å². The zero-order valence-corrected chi connectivity index (χ0v) is 8.20. The minimum absolute atomic E-state index is 0.0599. The van der Waals surface area contributed by atoms with Gasteiger partial charge in [0.15, 0.2) is 0 Å². The topological polar surface area (TPSA) is 95.2 Å². The van der Waals surface area contributed by atoms with Crippen LogP contribution in [0.3, 0.4) is 0 Å². The second kappa shape index (κ2) is 3.53. The van der Waals surface area contributed by atoms with Crippen LogP contribution >= 0.6 is 0 Å². The molecule has 5 heteroatoms. The number of hydrogen-bond donors (Lipinski definition) is 2. The fourth-order valence-electron chi connectivity index (χ4n) is 1.38. The Morgan fingerprint density at radius 2 is 2.00 bits per heavy atom. The molecular weight excluding hydrogens is 182 g/mol. The van der Waals surface area contributed by atoms with Gasteiger partial charge in [-0.25, -0.2) is 0 Å². The van der Waals surface area contributed by atoms with Crippen LogP contribution in [0.2, 0.25) is 0 Å². The van der Waals surface area contributed by atoms with Crippen molar-refractivity contribution in [3.63, 3.8) is 0 Å². The van der Waals surface area contributed by atoms with Crippen LogP contribution in [0.4, 0.5) is 17.1 Å². The number of nitrogen functional groups attached to an aromatic ring is 2. The van der Waals surface area contributed by atoms with Crippen molar-refractivity contribution >= 4 is 17.1 Å². The molecule has 1 aromatic carbocycles. The number of anilines is 2. The third-order valence-corrected chi connectivity index (χ3v) is 2.34. The van der Waals surface area contributed by atoms with E-state index in [1.165, 1.54) is 6.07 Å². The summed E-state index contributed by atoms with van der Waals surface area (Å²) in [6.07, 6.45) is 0.706. The fraction of sp³-hybridized carbons (Fsp3) is 0.333. The summed E-state index contributed by atoms with van der Waals surface area (Å²) in [4.78, 5) is 10.1. The molecule has 5 nitrogen and oxygen atoms in total. The molecule has 0 saturated heterocycles. The number of nitro groups is 1. The molecule has 4 N–H and O–H groups in total. The molecule has 0 saturated carbocycles. The smallest absolute Gasteiger partial charge is 0.294 e. The quantitative estimate of drug-likeness (QED) is 0.426. The Balaban J connectivity index is 3.48. The minimum Gasteiger partial charge on any atom is -0.397 e. The predicted molar refractivity (Wildman–Crippen MR) is 56.0 cm³/mol. The highest BCUT2D eigenvalue weighted by molar-refractivity contribution is 5.78. The van der Waals surface area contributed by atoms with Crippen LogP contribution in [-0.2, 0) is 6.42 Å². The zero-order valence-electron chi connectivity index (χ0n) is 8.20. The third kappa shape index (κ3) is 1.48. The molecule has 0 aliphatic rings. The molecule has 0 atom stereocenters. The molecule has 0 aliphatic heterocycles. The number of hydrogen-bond acceptors (Lipinski definition) is 4. The number of nitrogens with zero attached hydrogens (tertiary/aromatic N) is 1. The molecule has 1 aromatic rings. The van der Waals surface area contributed by atoms with E-state index >= 15 is 0 Å². The summed E-state index contributed by atoms with van der Waals surface area (Å²) in [5.41, 5.74) is 13.2. The lowest BCUT2D eigenvalue weighted by Gasteiger charge is -2.09. The van der Waals surface area contributed by atoms with E-state index in [4.69, 9.17) is 11.5 Å². The van der Waals surface area contributed by atoms with E-state index in [-0.39, 0.29) is 11.4 Å². The monoisotopic (exact) mass is 195 g/mol. The largest absolute Gasteiger partial charge is 0.397 e. The first-order valence-electron chi connectivity index (χ1n) is 4.30. The first kappa shape index (κ1) is 10.3. The molecule has 0 heterocycles. The van der Waals surface area contributed by atoms with Crippen molar-refractivity contribution in [2.45, 2.75) is 20.3 Å². The molecule has 0 bridgehead atoms. The highest BCUT2D eigenvalue weighted by Gasteiger charge is 2.17. The Bertz CT molecular complexity index is 388. The lowest BCUT2D eigenvalue weighted by Crippen LogP contribution is -2.04. The zero-order chi connectivity index (χ0) is 10.9. The second-order valence-electron chi connectivity index (χ2n) is 3.12. The van der Waals surface area contributed by atoms with Crippen LogP contribution < -0.4 is 11.5 Å². The molecule has 14 heavy (non-hydrogen) atoms.